The predicted molar refractivity (Wildman–Crippen MR) is 135 cm³/mol. The van der Waals surface area contributed by atoms with Crippen LogP contribution in [0.5, 0.6) is 5.75 Å². The van der Waals surface area contributed by atoms with Crippen molar-refractivity contribution in [2.45, 2.75) is 6.92 Å². The molecule has 0 saturated carbocycles. The number of urea groups is 1. The highest BCUT2D eigenvalue weighted by Crippen LogP contribution is 2.24. The van der Waals surface area contributed by atoms with E-state index in [4.69, 9.17) is 4.74 Å². The van der Waals surface area contributed by atoms with Gasteiger partial charge in [0.05, 0.1) is 5.69 Å². The number of nitrogens with zero attached hydrogens (tertiary/aromatic N) is 1. The molecule has 1 heterocycles. The molecule has 0 aliphatic carbocycles. The van der Waals surface area contributed by atoms with Gasteiger partial charge in [0.2, 0.25) is 0 Å². The van der Waals surface area contributed by atoms with Crippen LogP contribution in [-0.4, -0.2) is 30.4 Å². The van der Waals surface area contributed by atoms with Gasteiger partial charge in [0.1, 0.15) is 11.3 Å². The first-order valence-electron chi connectivity index (χ1n) is 10.6. The van der Waals surface area contributed by atoms with Crippen molar-refractivity contribution in [2.75, 3.05) is 16.8 Å². The van der Waals surface area contributed by atoms with E-state index < -0.39 is 17.8 Å². The molecule has 0 aromatic heterocycles. The maximum absolute atomic E-state index is 12.9. The lowest BCUT2D eigenvalue weighted by atomic mass is 10.1. The number of para-hydroxylation sites is 1. The minimum absolute atomic E-state index is 0.181. The minimum Gasteiger partial charge on any atom is -0.484 e. The Morgan fingerprint density at radius 3 is 2.37 bits per heavy atom. The van der Waals surface area contributed by atoms with Crippen LogP contribution in [0.15, 0.2) is 82.8 Å². The molecule has 2 N–H and O–H groups in total. The fourth-order valence-electron chi connectivity index (χ4n) is 3.36. The molecule has 5 amide bonds. The van der Waals surface area contributed by atoms with Gasteiger partial charge in [-0.2, -0.15) is 0 Å². The van der Waals surface area contributed by atoms with Crippen molar-refractivity contribution >= 4 is 57.1 Å². The Balaban J connectivity index is 1.43. The van der Waals surface area contributed by atoms with E-state index >= 15 is 0 Å². The number of rotatable bonds is 6. The number of carbonyl (C=O) groups excluding carboxylic acids is 4. The van der Waals surface area contributed by atoms with Crippen LogP contribution >= 0.6 is 15.9 Å². The van der Waals surface area contributed by atoms with Crippen LogP contribution in [-0.2, 0) is 14.4 Å². The van der Waals surface area contributed by atoms with Gasteiger partial charge < -0.3 is 10.1 Å². The molecule has 3 aromatic rings. The van der Waals surface area contributed by atoms with Crippen molar-refractivity contribution in [3.8, 4) is 5.75 Å². The first-order valence-corrected chi connectivity index (χ1v) is 11.4. The second kappa shape index (κ2) is 10.4. The molecular weight excluding hydrogens is 514 g/mol. The quantitative estimate of drug-likeness (QED) is 0.360. The zero-order chi connectivity index (χ0) is 24.9. The van der Waals surface area contributed by atoms with E-state index in [-0.39, 0.29) is 18.1 Å². The predicted octanol–water partition coefficient (Wildman–Crippen LogP) is 4.44. The van der Waals surface area contributed by atoms with E-state index in [2.05, 4.69) is 26.6 Å². The van der Waals surface area contributed by atoms with Crippen LogP contribution in [0.25, 0.3) is 6.08 Å². The zero-order valence-corrected chi connectivity index (χ0v) is 20.2. The lowest BCUT2D eigenvalue weighted by Gasteiger charge is -2.26. The average molecular weight is 534 g/mol. The summed E-state index contributed by atoms with van der Waals surface area (Å²) in [6.07, 6.45) is 1.39. The average Bonchev–Trinajstić information content (AvgIpc) is 2.84. The number of ether oxygens (including phenoxy) is 1. The van der Waals surface area contributed by atoms with Gasteiger partial charge >= 0.3 is 6.03 Å². The molecule has 8 nitrogen and oxygen atoms in total. The van der Waals surface area contributed by atoms with Crippen LogP contribution in [0.3, 0.4) is 0 Å². The molecule has 0 radical (unpaired) electrons. The molecule has 1 saturated heterocycles. The Labute approximate surface area is 209 Å². The highest BCUT2D eigenvalue weighted by atomic mass is 79.9. The molecule has 0 atom stereocenters. The smallest absolute Gasteiger partial charge is 0.335 e. The summed E-state index contributed by atoms with van der Waals surface area (Å²) in [5.41, 5.74) is 2.36. The first kappa shape index (κ1) is 23.9. The van der Waals surface area contributed by atoms with Gasteiger partial charge in [0.15, 0.2) is 6.61 Å². The Hall–Kier alpha value is -4.24. The van der Waals surface area contributed by atoms with Crippen molar-refractivity contribution in [2.24, 2.45) is 0 Å². The maximum Gasteiger partial charge on any atom is 0.335 e. The van der Waals surface area contributed by atoms with Crippen LogP contribution in [0.2, 0.25) is 0 Å². The summed E-state index contributed by atoms with van der Waals surface area (Å²) in [7, 11) is 0. The third kappa shape index (κ3) is 5.64. The fraction of sp³-hybridized carbons (Fsp3) is 0.0769. The number of aryl methyl sites for hydroxylation is 1. The Morgan fingerprint density at radius 1 is 1.00 bits per heavy atom. The summed E-state index contributed by atoms with van der Waals surface area (Å²) >= 11 is 3.31. The molecule has 35 heavy (non-hydrogen) atoms. The molecule has 0 unspecified atom stereocenters. The van der Waals surface area contributed by atoms with E-state index in [0.29, 0.717) is 22.7 Å². The normalized spacial score (nSPS) is 14.6. The van der Waals surface area contributed by atoms with Crippen molar-refractivity contribution < 1.29 is 23.9 Å². The highest BCUT2D eigenvalue weighted by molar-refractivity contribution is 9.10. The van der Waals surface area contributed by atoms with Gasteiger partial charge in [-0.15, -0.1) is 0 Å². The fourth-order valence-corrected chi connectivity index (χ4v) is 3.62. The number of benzene rings is 3. The second-order valence-electron chi connectivity index (χ2n) is 7.66. The van der Waals surface area contributed by atoms with Gasteiger partial charge in [-0.25, -0.2) is 9.69 Å². The second-order valence-corrected chi connectivity index (χ2v) is 8.57. The summed E-state index contributed by atoms with van der Waals surface area (Å²) in [6.45, 7) is 1.72. The third-order valence-electron chi connectivity index (χ3n) is 5.17. The molecule has 0 bridgehead atoms. The van der Waals surface area contributed by atoms with E-state index in [0.717, 1.165) is 14.9 Å². The lowest BCUT2D eigenvalue weighted by molar-refractivity contribution is -0.122. The van der Waals surface area contributed by atoms with Gasteiger partial charge in [-0.3, -0.25) is 19.7 Å². The molecule has 0 spiro atoms. The van der Waals surface area contributed by atoms with E-state index in [1.807, 2.05) is 31.2 Å². The minimum atomic E-state index is -0.813. The number of hydrogen-bond donors (Lipinski definition) is 2. The van der Waals surface area contributed by atoms with E-state index in [9.17, 15) is 19.2 Å². The maximum atomic E-state index is 12.9. The molecule has 3 aromatic carbocycles. The van der Waals surface area contributed by atoms with Crippen molar-refractivity contribution in [1.82, 2.24) is 5.32 Å². The van der Waals surface area contributed by atoms with Crippen molar-refractivity contribution in [1.29, 1.82) is 0 Å². The Bertz CT molecular complexity index is 1330. The standard InChI is InChI=1S/C26H20BrN3O5/c1-16-4-2-3-5-22(16)28-23(31)15-35-20-12-6-17(7-13-20)14-21-24(32)29-26(34)30(25(21)33)19-10-8-18(27)9-11-19/h2-14H,15H2,1H3,(H,28,31)(H,29,32,34)/b21-14+. The Morgan fingerprint density at radius 2 is 1.69 bits per heavy atom. The largest absolute Gasteiger partial charge is 0.484 e. The number of barbiturate groups is 1. The molecule has 176 valence electrons. The number of nitrogens with one attached hydrogen (secondary N) is 2. The van der Waals surface area contributed by atoms with E-state index in [1.165, 1.54) is 6.08 Å². The molecule has 1 aliphatic rings. The van der Waals surface area contributed by atoms with Crippen molar-refractivity contribution in [3.05, 3.63) is 94.0 Å². The van der Waals surface area contributed by atoms with Crippen LogP contribution in [0, 0.1) is 6.92 Å². The van der Waals surface area contributed by atoms with Gasteiger partial charge in [-0.1, -0.05) is 46.3 Å². The third-order valence-corrected chi connectivity index (χ3v) is 5.70. The molecule has 9 heteroatoms. The summed E-state index contributed by atoms with van der Waals surface area (Å²) < 4.78 is 6.32. The van der Waals surface area contributed by atoms with Crippen molar-refractivity contribution in [3.63, 3.8) is 0 Å². The lowest BCUT2D eigenvalue weighted by Crippen LogP contribution is -2.54. The SMILES string of the molecule is Cc1ccccc1NC(=O)COc1ccc(/C=C2\C(=O)NC(=O)N(c3ccc(Br)cc3)C2=O)cc1. The van der Waals surface area contributed by atoms with Crippen LogP contribution in [0.4, 0.5) is 16.2 Å². The number of imide groups is 2. The van der Waals surface area contributed by atoms with Gasteiger partial charge in [-0.05, 0) is 66.6 Å². The molecule has 1 aliphatic heterocycles. The number of anilines is 2. The topological polar surface area (TPSA) is 105 Å². The number of hydrogen-bond acceptors (Lipinski definition) is 5. The summed E-state index contributed by atoms with van der Waals surface area (Å²) in [5, 5.41) is 4.98. The van der Waals surface area contributed by atoms with E-state index in [1.54, 1.807) is 48.5 Å². The zero-order valence-electron chi connectivity index (χ0n) is 18.6. The summed E-state index contributed by atoms with van der Waals surface area (Å²) in [5.74, 6) is -1.36. The summed E-state index contributed by atoms with van der Waals surface area (Å²) in [6, 6.07) is 19.7. The molecular formula is C26H20BrN3O5. The number of carbonyl (C=O) groups is 4. The monoisotopic (exact) mass is 533 g/mol. The van der Waals surface area contributed by atoms with Crippen LogP contribution < -0.4 is 20.3 Å². The number of amides is 5. The Kier molecular flexibility index (Phi) is 7.07. The number of halogens is 1. The molecule has 1 fully saturated rings. The first-order chi connectivity index (χ1) is 16.8. The van der Waals surface area contributed by atoms with Gasteiger partial charge in [0.25, 0.3) is 17.7 Å². The summed E-state index contributed by atoms with van der Waals surface area (Å²) in [4.78, 5) is 50.7. The van der Waals surface area contributed by atoms with Crippen LogP contribution in [0.1, 0.15) is 11.1 Å². The molecule has 4 rings (SSSR count). The van der Waals surface area contributed by atoms with Gasteiger partial charge in [0, 0.05) is 10.2 Å². The highest BCUT2D eigenvalue weighted by Gasteiger charge is 2.36.